The highest BCUT2D eigenvalue weighted by molar-refractivity contribution is 6.00. The molecule has 1 rings (SSSR count). The first-order valence-electron chi connectivity index (χ1n) is 4.57. The molecule has 0 aromatic heterocycles. The first-order valence-corrected chi connectivity index (χ1v) is 4.57. The van der Waals surface area contributed by atoms with Crippen molar-refractivity contribution in [2.45, 2.75) is 24.1 Å². The quantitative estimate of drug-likeness (QED) is 0.163. The lowest BCUT2D eigenvalue weighted by Gasteiger charge is -2.26. The van der Waals surface area contributed by atoms with E-state index >= 15 is 0 Å². The van der Waals surface area contributed by atoms with Gasteiger partial charge in [0.2, 0.25) is 6.10 Å². The third-order valence-corrected chi connectivity index (χ3v) is 2.02. The molecular formula is C8H8O11. The third kappa shape index (κ3) is 2.91. The van der Waals surface area contributed by atoms with E-state index in [1.54, 1.807) is 0 Å². The summed E-state index contributed by atoms with van der Waals surface area (Å²) < 4.78 is 7.41. The van der Waals surface area contributed by atoms with E-state index < -0.39 is 48.0 Å². The fourth-order valence-corrected chi connectivity index (χ4v) is 0.993. The lowest BCUT2D eigenvalue weighted by molar-refractivity contribution is -0.252. The van der Waals surface area contributed by atoms with Crippen LogP contribution >= 0.6 is 0 Å². The van der Waals surface area contributed by atoms with Crippen LogP contribution in [0.2, 0.25) is 0 Å². The molecule has 0 spiro atoms. The van der Waals surface area contributed by atoms with Gasteiger partial charge >= 0.3 is 29.7 Å². The molecule has 11 nitrogen and oxygen atoms in total. The number of aliphatic hydroxyl groups is 5. The van der Waals surface area contributed by atoms with Crippen LogP contribution < -0.4 is 0 Å². The smallest absolute Gasteiger partial charge is 0.377 e. The SMILES string of the molecule is O=C1CC(O)(O)C(=O)OC(=O)C(O)C(O)(O)C(=O)O1. The molecule has 1 heterocycles. The minimum Gasteiger partial charge on any atom is -0.389 e. The van der Waals surface area contributed by atoms with E-state index in [0.717, 1.165) is 0 Å². The second-order valence-electron chi connectivity index (χ2n) is 3.59. The lowest BCUT2D eigenvalue weighted by Crippen LogP contribution is -2.57. The number of carbonyl (C=O) groups is 4. The summed E-state index contributed by atoms with van der Waals surface area (Å²) in [5.41, 5.74) is 0. The third-order valence-electron chi connectivity index (χ3n) is 2.02. The van der Waals surface area contributed by atoms with Gasteiger partial charge in [0.15, 0.2) is 0 Å². The van der Waals surface area contributed by atoms with E-state index in [4.69, 9.17) is 25.5 Å². The molecule has 0 aromatic rings. The zero-order chi connectivity index (χ0) is 15.0. The minimum absolute atomic E-state index is 1.52. The van der Waals surface area contributed by atoms with E-state index in [-0.39, 0.29) is 0 Å². The molecule has 1 fully saturated rings. The second-order valence-corrected chi connectivity index (χ2v) is 3.59. The van der Waals surface area contributed by atoms with Gasteiger partial charge in [0.05, 0.1) is 0 Å². The predicted octanol–water partition coefficient (Wildman–Crippen LogP) is -4.75. The van der Waals surface area contributed by atoms with Crippen molar-refractivity contribution < 1.29 is 54.2 Å². The highest BCUT2D eigenvalue weighted by Gasteiger charge is 2.53. The summed E-state index contributed by atoms with van der Waals surface area (Å²) in [5, 5.41) is 45.4. The summed E-state index contributed by atoms with van der Waals surface area (Å²) in [4.78, 5) is 44.1. The van der Waals surface area contributed by atoms with Gasteiger partial charge in [0.25, 0.3) is 5.79 Å². The second kappa shape index (κ2) is 4.64. The van der Waals surface area contributed by atoms with Crippen LogP contribution in [-0.4, -0.2) is 67.1 Å². The molecule has 19 heavy (non-hydrogen) atoms. The molecule has 1 aliphatic heterocycles. The summed E-state index contributed by atoms with van der Waals surface area (Å²) in [6.45, 7) is 0. The summed E-state index contributed by atoms with van der Waals surface area (Å²) in [5.74, 6) is -15.4. The zero-order valence-corrected chi connectivity index (χ0v) is 8.97. The first kappa shape index (κ1) is 15.1. The van der Waals surface area contributed by atoms with Gasteiger partial charge in [0, 0.05) is 0 Å². The van der Waals surface area contributed by atoms with Crippen LogP contribution in [0.15, 0.2) is 0 Å². The predicted molar refractivity (Wildman–Crippen MR) is 47.2 cm³/mol. The topological polar surface area (TPSA) is 188 Å². The molecule has 0 aromatic carbocycles. The number of esters is 4. The minimum atomic E-state index is -3.85. The summed E-state index contributed by atoms with van der Waals surface area (Å²) in [7, 11) is 0. The van der Waals surface area contributed by atoms with Crippen molar-refractivity contribution in [3.8, 4) is 0 Å². The number of rotatable bonds is 0. The largest absolute Gasteiger partial charge is 0.389 e. The van der Waals surface area contributed by atoms with Gasteiger partial charge in [-0.1, -0.05) is 0 Å². The first-order chi connectivity index (χ1) is 8.48. The van der Waals surface area contributed by atoms with Crippen molar-refractivity contribution in [3.63, 3.8) is 0 Å². The number of cyclic esters (lactones) is 4. The van der Waals surface area contributed by atoms with Crippen molar-refractivity contribution in [3.05, 3.63) is 0 Å². The van der Waals surface area contributed by atoms with Crippen LogP contribution in [0.3, 0.4) is 0 Å². The van der Waals surface area contributed by atoms with Crippen molar-refractivity contribution in [2.75, 3.05) is 0 Å². The number of aliphatic hydroxyl groups excluding tert-OH is 1. The molecule has 1 unspecified atom stereocenters. The van der Waals surface area contributed by atoms with E-state index in [1.807, 2.05) is 0 Å². The summed E-state index contributed by atoms with van der Waals surface area (Å²) in [6.07, 6.45) is -4.53. The van der Waals surface area contributed by atoms with Gasteiger partial charge < -0.3 is 35.0 Å². The standard InChI is InChI=1S/C8H8O11/c9-2-1-7(14,15)5(12)19-4(11)3(10)8(16,17)6(13)18-2/h3,10,14-17H,1H2. The molecule has 0 aliphatic carbocycles. The highest BCUT2D eigenvalue weighted by Crippen LogP contribution is 2.18. The average Bonchev–Trinajstić information content (AvgIpc) is 2.25. The summed E-state index contributed by atoms with van der Waals surface area (Å²) >= 11 is 0. The van der Waals surface area contributed by atoms with Crippen molar-refractivity contribution in [1.82, 2.24) is 0 Å². The van der Waals surface area contributed by atoms with E-state index in [0.29, 0.717) is 0 Å². The Morgan fingerprint density at radius 2 is 1.47 bits per heavy atom. The van der Waals surface area contributed by atoms with E-state index in [1.165, 1.54) is 0 Å². The van der Waals surface area contributed by atoms with Gasteiger partial charge in [-0.2, -0.15) is 0 Å². The Labute approximate surface area is 103 Å². The molecule has 1 atom stereocenters. The molecule has 11 heteroatoms. The molecule has 0 amide bonds. The molecule has 5 N–H and O–H groups in total. The Morgan fingerprint density at radius 1 is 0.947 bits per heavy atom. The monoisotopic (exact) mass is 280 g/mol. The Morgan fingerprint density at radius 3 is 2.00 bits per heavy atom. The van der Waals surface area contributed by atoms with Gasteiger partial charge in [-0.15, -0.1) is 0 Å². The van der Waals surface area contributed by atoms with Gasteiger partial charge in [-0.05, 0) is 0 Å². The zero-order valence-electron chi connectivity index (χ0n) is 8.97. The fourth-order valence-electron chi connectivity index (χ4n) is 0.993. The molecular weight excluding hydrogens is 272 g/mol. The highest BCUT2D eigenvalue weighted by atomic mass is 16.7. The van der Waals surface area contributed by atoms with Crippen LogP contribution in [0.5, 0.6) is 0 Å². The maximum absolute atomic E-state index is 11.1. The Kier molecular flexibility index (Phi) is 3.70. The van der Waals surface area contributed by atoms with Crippen LogP contribution in [0.1, 0.15) is 6.42 Å². The maximum Gasteiger partial charge on any atom is 0.377 e. The molecule has 0 saturated carbocycles. The van der Waals surface area contributed by atoms with E-state index in [9.17, 15) is 19.2 Å². The molecule has 0 radical (unpaired) electrons. The lowest BCUT2D eigenvalue weighted by atomic mass is 10.1. The van der Waals surface area contributed by atoms with Crippen LogP contribution in [0, 0.1) is 0 Å². The number of hydrogen-bond acceptors (Lipinski definition) is 11. The number of hydrogen-bond donors (Lipinski definition) is 5. The fraction of sp³-hybridized carbons (Fsp3) is 0.500. The number of ether oxygens (including phenoxy) is 2. The number of carbonyl (C=O) groups excluding carboxylic acids is 4. The van der Waals surface area contributed by atoms with Crippen LogP contribution in [0.25, 0.3) is 0 Å². The van der Waals surface area contributed by atoms with E-state index in [2.05, 4.69) is 9.47 Å². The molecule has 106 valence electrons. The van der Waals surface area contributed by atoms with Crippen molar-refractivity contribution in [2.24, 2.45) is 0 Å². The van der Waals surface area contributed by atoms with Gasteiger partial charge in [-0.3, -0.25) is 4.79 Å². The van der Waals surface area contributed by atoms with Crippen molar-refractivity contribution >= 4 is 23.9 Å². The van der Waals surface area contributed by atoms with Gasteiger partial charge in [-0.25, -0.2) is 14.4 Å². The van der Waals surface area contributed by atoms with Gasteiger partial charge in [0.1, 0.15) is 6.42 Å². The normalized spacial score (nSPS) is 27.5. The Bertz CT molecular complexity index is 448. The molecule has 1 saturated heterocycles. The average molecular weight is 280 g/mol. The van der Waals surface area contributed by atoms with Crippen LogP contribution in [0.4, 0.5) is 0 Å². The molecule has 1 aliphatic rings. The Balaban J connectivity index is 3.16. The summed E-state index contributed by atoms with van der Waals surface area (Å²) in [6, 6.07) is 0. The molecule has 0 bridgehead atoms. The van der Waals surface area contributed by atoms with Crippen molar-refractivity contribution in [1.29, 1.82) is 0 Å². The Hall–Kier alpha value is -1.92. The maximum atomic E-state index is 11.1. The van der Waals surface area contributed by atoms with Crippen LogP contribution in [-0.2, 0) is 28.7 Å².